The summed E-state index contributed by atoms with van der Waals surface area (Å²) in [5.41, 5.74) is 14.7. The van der Waals surface area contributed by atoms with Gasteiger partial charge in [-0.05, 0) is 111 Å². The highest BCUT2D eigenvalue weighted by Crippen LogP contribution is 2.38. The van der Waals surface area contributed by atoms with Crippen LogP contribution in [0, 0.1) is 24.0 Å². The van der Waals surface area contributed by atoms with E-state index in [0.717, 1.165) is 129 Å². The number of aliphatic hydroxyl groups excluding tert-OH is 1. The molecule has 0 unspecified atom stereocenters. The zero-order valence-corrected chi connectivity index (χ0v) is 51.2. The quantitative estimate of drug-likeness (QED) is 0.0578. The number of thiazole rings is 1. The van der Waals surface area contributed by atoms with Crippen molar-refractivity contribution in [2.24, 2.45) is 5.41 Å². The van der Waals surface area contributed by atoms with E-state index in [1.165, 1.54) is 23.4 Å². The van der Waals surface area contributed by atoms with Crippen LogP contribution in [0.5, 0.6) is 0 Å². The fourth-order valence-corrected chi connectivity index (χ4v) is 13.8. The van der Waals surface area contributed by atoms with Crippen molar-refractivity contribution in [3.8, 4) is 21.7 Å². The Hall–Kier alpha value is -7.41. The Morgan fingerprint density at radius 1 is 0.839 bits per heavy atom. The Labute approximate surface area is 511 Å². The van der Waals surface area contributed by atoms with E-state index < -0.39 is 40.8 Å². The maximum Gasteiger partial charge on any atom is 0.246 e. The largest absolute Gasteiger partial charge is 0.391 e. The summed E-state index contributed by atoms with van der Waals surface area (Å²) in [6, 6.07) is 18.1. The molecule has 20 nitrogen and oxygen atoms in total. The number of aromatic nitrogens is 7. The highest BCUT2D eigenvalue weighted by molar-refractivity contribution is 7.13. The number of fused-ring (bicyclic) bond motifs is 1. The van der Waals surface area contributed by atoms with Crippen molar-refractivity contribution in [3.63, 3.8) is 0 Å². The maximum absolute atomic E-state index is 14.6. The van der Waals surface area contributed by atoms with Gasteiger partial charge >= 0.3 is 0 Å². The van der Waals surface area contributed by atoms with Gasteiger partial charge in [0.15, 0.2) is 23.1 Å². The van der Waals surface area contributed by atoms with E-state index in [1.54, 1.807) is 17.7 Å². The van der Waals surface area contributed by atoms with Gasteiger partial charge in [-0.25, -0.2) is 28.7 Å². The molecule has 87 heavy (non-hydrogen) atoms. The van der Waals surface area contributed by atoms with Crippen molar-refractivity contribution >= 4 is 51.7 Å². The Balaban J connectivity index is 0.653. The lowest BCUT2D eigenvalue weighted by atomic mass is 9.83. The summed E-state index contributed by atoms with van der Waals surface area (Å²) in [7, 11) is 0. The number of nitrogen functional groups attached to an aromatic ring is 1. The van der Waals surface area contributed by atoms with Gasteiger partial charge in [0.2, 0.25) is 17.7 Å². The number of aryl methyl sites for hydroxylation is 1. The number of carbonyl (C=O) groups excluding carboxylic acids is 3. The molecular weight excluding hydrogens is 1130 g/mol. The van der Waals surface area contributed by atoms with E-state index in [-0.39, 0.29) is 55.0 Å². The molecule has 0 aliphatic carbocycles. The summed E-state index contributed by atoms with van der Waals surface area (Å²) in [6.45, 7) is 19.3. The average Bonchev–Trinajstić information content (AvgIpc) is 3.66. The number of halogens is 2. The minimum Gasteiger partial charge on any atom is -0.391 e. The first-order chi connectivity index (χ1) is 41.9. The first kappa shape index (κ1) is 61.2. The third-order valence-electron chi connectivity index (χ3n) is 17.9. The third-order valence-corrected chi connectivity index (χ3v) is 18.9. The molecule has 4 aliphatic rings. The number of nitrogens with one attached hydrogen (secondary N) is 3. The van der Waals surface area contributed by atoms with Gasteiger partial charge < -0.3 is 51.0 Å². The summed E-state index contributed by atoms with van der Waals surface area (Å²) in [4.78, 5) is 81.5. The maximum atomic E-state index is 14.6. The number of imidazole rings is 1. The van der Waals surface area contributed by atoms with Crippen molar-refractivity contribution < 1.29 is 28.3 Å². The molecule has 2 aromatic carbocycles. The molecule has 6 N–H and O–H groups in total. The molecule has 4 saturated heterocycles. The van der Waals surface area contributed by atoms with Gasteiger partial charge in [-0.3, -0.25) is 29.3 Å². The second kappa shape index (κ2) is 26.5. The second-order valence-electron chi connectivity index (χ2n) is 25.0. The number of aliphatic hydroxyl groups is 1. The van der Waals surface area contributed by atoms with Gasteiger partial charge in [0.05, 0.1) is 69.9 Å². The summed E-state index contributed by atoms with van der Waals surface area (Å²) < 4.78 is 30.6. The Kier molecular flexibility index (Phi) is 18.7. The number of rotatable bonds is 19. The van der Waals surface area contributed by atoms with Crippen LogP contribution in [0.15, 0.2) is 97.3 Å². The number of benzene rings is 2. The van der Waals surface area contributed by atoms with Crippen LogP contribution in [-0.2, 0) is 26.5 Å². The molecule has 23 heteroatoms. The number of nitrogens with two attached hydrogens (primary N) is 1. The van der Waals surface area contributed by atoms with Crippen LogP contribution < -0.4 is 26.6 Å². The van der Waals surface area contributed by atoms with Crippen LogP contribution in [0.2, 0.25) is 0 Å². The first-order valence-corrected chi connectivity index (χ1v) is 31.3. The van der Waals surface area contributed by atoms with Gasteiger partial charge in [-0.15, -0.1) is 11.3 Å². The van der Waals surface area contributed by atoms with Crippen LogP contribution >= 0.6 is 11.3 Å². The zero-order valence-electron chi connectivity index (χ0n) is 50.3. The number of β-amino-alcohol motifs (C(OH)–C–C–N with tert-alkyl or cyclic N) is 1. The predicted octanol–water partition coefficient (Wildman–Crippen LogP) is 6.55. The number of pyridine rings is 2. The van der Waals surface area contributed by atoms with Gasteiger partial charge in [0.1, 0.15) is 23.9 Å². The highest BCUT2D eigenvalue weighted by Gasteiger charge is 2.45. The van der Waals surface area contributed by atoms with Crippen LogP contribution in [0.1, 0.15) is 94.8 Å². The number of nitrogens with zero attached hydrogens (tertiary/aromatic N) is 12. The fourth-order valence-electron chi connectivity index (χ4n) is 12.9. The molecule has 9 heterocycles. The number of carbonyl (C=O) groups is 3. The van der Waals surface area contributed by atoms with Crippen molar-refractivity contribution in [2.75, 3.05) is 89.2 Å². The lowest BCUT2D eigenvalue weighted by Gasteiger charge is -2.47. The average molecular weight is 1210 g/mol. The van der Waals surface area contributed by atoms with Gasteiger partial charge in [-0.2, -0.15) is 0 Å². The standard InChI is InChI=1S/C64H80F2N16O4S/c1-41(43-10-12-44(13-11-43)57-42(2)73-40-87-57)74-61(85)52-33-48(83)36-82(52)62(86)58(63(3,4)5)75-55(84)18-24-78-26-29-79(30-27-78)28-25-77-22-16-47(17-23-77)76-64(54-9-6-7-20-68-54)19-8-21-80(37-64)53-34-69-51(45-14-15-49(65)50(66)31-45)32-46(53)35-81-39-72-56-59(67)70-38-71-60(56)81/h6-7,9-15,20,31-32,34,38-41,47-48,52,58,76,83H,8,16-19,21-30,33,35-37H2,1-5H3,(H,74,85)(H,75,84)(H2,67,70,71)/t41-,48+,52-,58+,64+/m0/s1. The molecule has 0 spiro atoms. The second-order valence-corrected chi connectivity index (χ2v) is 25.9. The zero-order chi connectivity index (χ0) is 61.0. The molecule has 5 aromatic heterocycles. The summed E-state index contributed by atoms with van der Waals surface area (Å²) in [5.74, 6) is -2.51. The van der Waals surface area contributed by atoms with Gasteiger partial charge in [0.25, 0.3) is 0 Å². The van der Waals surface area contributed by atoms with Crippen LogP contribution in [0.25, 0.3) is 32.9 Å². The lowest BCUT2D eigenvalue weighted by Crippen LogP contribution is -2.59. The van der Waals surface area contributed by atoms with Crippen molar-refractivity contribution in [2.45, 2.75) is 115 Å². The number of piperidine rings is 2. The number of likely N-dealkylation sites (tertiary alicyclic amines) is 2. The first-order valence-electron chi connectivity index (χ1n) is 30.4. The number of amides is 3. The Morgan fingerprint density at radius 3 is 2.28 bits per heavy atom. The highest BCUT2D eigenvalue weighted by atomic mass is 32.1. The van der Waals surface area contributed by atoms with E-state index in [2.05, 4.69) is 67.6 Å². The number of hydrogen-bond donors (Lipinski definition) is 5. The Bertz CT molecular complexity index is 3530. The molecule has 11 rings (SSSR count). The van der Waals surface area contributed by atoms with E-state index in [9.17, 15) is 28.3 Å². The van der Waals surface area contributed by atoms with Crippen molar-refractivity contribution in [1.29, 1.82) is 0 Å². The summed E-state index contributed by atoms with van der Waals surface area (Å²) in [5, 5.41) is 21.1. The molecule has 460 valence electrons. The topological polar surface area (TPSA) is 232 Å². The molecule has 4 aliphatic heterocycles. The van der Waals surface area contributed by atoms with Gasteiger partial charge in [-0.1, -0.05) is 51.1 Å². The molecular formula is C64H80F2N16O4S. The molecule has 0 radical (unpaired) electrons. The van der Waals surface area contributed by atoms with E-state index in [1.807, 2.05) is 93.5 Å². The van der Waals surface area contributed by atoms with Crippen LogP contribution in [0.4, 0.5) is 20.3 Å². The molecule has 0 bridgehead atoms. The fraction of sp³-hybridized carbons (Fsp3) is 0.484. The minimum absolute atomic E-state index is 0.0120. The van der Waals surface area contributed by atoms with E-state index in [0.29, 0.717) is 42.1 Å². The Morgan fingerprint density at radius 2 is 1.57 bits per heavy atom. The van der Waals surface area contributed by atoms with Crippen LogP contribution in [-0.4, -0.2) is 180 Å². The number of hydrogen-bond acceptors (Lipinski definition) is 17. The molecule has 4 fully saturated rings. The third kappa shape index (κ3) is 14.1. The lowest BCUT2D eigenvalue weighted by molar-refractivity contribution is -0.144. The predicted molar refractivity (Wildman–Crippen MR) is 332 cm³/mol. The SMILES string of the molecule is Cc1ncsc1-c1ccc([C@H](C)NC(=O)[C@@H]2C[C@@H](O)CN2C(=O)[C@@H](NC(=O)CCN2CCN(CCN3CCC(N[C@]4(c5ccccn5)CCCN(c5cnc(-c6ccc(F)c(F)c6)cc5Cn5cnc6c(N)ncnc65)C4)CC3)CC2)C(C)(C)C)cc1. The molecule has 3 amide bonds. The molecule has 7 aromatic rings. The van der Waals surface area contributed by atoms with Crippen molar-refractivity contribution in [3.05, 3.63) is 131 Å². The van der Waals surface area contributed by atoms with Crippen molar-refractivity contribution in [1.82, 2.24) is 70.0 Å². The number of piperazine rings is 1. The minimum atomic E-state index is -0.940. The number of anilines is 2. The smallest absolute Gasteiger partial charge is 0.246 e. The normalized spacial score (nSPS) is 20.9. The molecule has 5 atom stereocenters. The summed E-state index contributed by atoms with van der Waals surface area (Å²) in [6.07, 6.45) is 10.1. The summed E-state index contributed by atoms with van der Waals surface area (Å²) >= 11 is 1.58. The van der Waals surface area contributed by atoms with Gasteiger partial charge in [0, 0.05) is 96.1 Å². The van der Waals surface area contributed by atoms with Crippen LogP contribution in [0.3, 0.4) is 0 Å². The van der Waals surface area contributed by atoms with E-state index in [4.69, 9.17) is 15.7 Å². The molecule has 0 saturated carbocycles. The van der Waals surface area contributed by atoms with E-state index >= 15 is 0 Å². The monoisotopic (exact) mass is 1210 g/mol.